The lowest BCUT2D eigenvalue weighted by Gasteiger charge is -2.07. The summed E-state index contributed by atoms with van der Waals surface area (Å²) in [6, 6.07) is 11.1. The van der Waals surface area contributed by atoms with Gasteiger partial charge in [0.25, 0.3) is 6.47 Å². The Morgan fingerprint density at radius 3 is 2.68 bits per heavy atom. The van der Waals surface area contributed by atoms with Crippen molar-refractivity contribution in [2.45, 2.75) is 13.3 Å². The number of nitrogens with one attached hydrogen (secondary N) is 1. The van der Waals surface area contributed by atoms with Crippen molar-refractivity contribution in [1.82, 2.24) is 34.8 Å². The fraction of sp³-hybridized carbons (Fsp3) is 0.118. The van der Waals surface area contributed by atoms with E-state index in [-0.39, 0.29) is 18.8 Å². The quantitative estimate of drug-likeness (QED) is 0.498. The fourth-order valence-electron chi connectivity index (χ4n) is 2.54. The molecule has 0 atom stereocenters. The minimum Gasteiger partial charge on any atom is -0.483 e. The molecule has 0 saturated heterocycles. The standard InChI is InChI=1S/C16H14N8O.CH2O2/c1-11-18-16-14(3-2-8-23(16)20-11)19-15(25)9-12-4-6-13(7-5-12)24-10-17-21-22-24;2-1-3/h2-8,10H,9H2,1H3,(H,19,25);1H,(H,2,3). The van der Waals surface area contributed by atoms with Crippen LogP contribution in [0.3, 0.4) is 0 Å². The first-order valence-electron chi connectivity index (χ1n) is 8.12. The second kappa shape index (κ2) is 8.49. The van der Waals surface area contributed by atoms with Gasteiger partial charge in [-0.25, -0.2) is 14.2 Å². The monoisotopic (exact) mass is 380 g/mol. The van der Waals surface area contributed by atoms with E-state index in [1.807, 2.05) is 43.3 Å². The Hall–Kier alpha value is -4.15. The molecule has 2 N–H and O–H groups in total. The molecule has 1 aromatic carbocycles. The summed E-state index contributed by atoms with van der Waals surface area (Å²) >= 11 is 0. The Morgan fingerprint density at radius 2 is 2.00 bits per heavy atom. The number of carbonyl (C=O) groups excluding carboxylic acids is 1. The average Bonchev–Trinajstić information content (AvgIpc) is 3.32. The molecule has 3 heterocycles. The van der Waals surface area contributed by atoms with E-state index in [0.717, 1.165) is 11.3 Å². The van der Waals surface area contributed by atoms with E-state index in [0.29, 0.717) is 17.2 Å². The highest BCUT2D eigenvalue weighted by Crippen LogP contribution is 2.15. The van der Waals surface area contributed by atoms with Gasteiger partial charge in [0.1, 0.15) is 12.2 Å². The van der Waals surface area contributed by atoms with Crippen molar-refractivity contribution >= 4 is 23.7 Å². The zero-order valence-electron chi connectivity index (χ0n) is 14.8. The van der Waals surface area contributed by atoms with Crippen molar-refractivity contribution in [2.24, 2.45) is 0 Å². The molecular weight excluding hydrogens is 364 g/mol. The smallest absolute Gasteiger partial charge is 0.290 e. The molecule has 0 bridgehead atoms. The van der Waals surface area contributed by atoms with Crippen LogP contribution >= 0.6 is 0 Å². The van der Waals surface area contributed by atoms with Crippen molar-refractivity contribution in [3.8, 4) is 5.69 Å². The number of hydrogen-bond donors (Lipinski definition) is 2. The molecule has 142 valence electrons. The molecule has 0 aliphatic rings. The largest absolute Gasteiger partial charge is 0.483 e. The van der Waals surface area contributed by atoms with Gasteiger partial charge in [-0.15, -0.1) is 5.10 Å². The number of rotatable bonds is 4. The number of anilines is 1. The molecule has 4 rings (SSSR count). The third-order valence-electron chi connectivity index (χ3n) is 3.66. The molecule has 0 spiro atoms. The lowest BCUT2D eigenvalue weighted by molar-refractivity contribution is -0.123. The minimum atomic E-state index is -0.250. The Morgan fingerprint density at radius 1 is 1.25 bits per heavy atom. The maximum atomic E-state index is 12.3. The molecule has 1 amide bonds. The molecule has 0 aliphatic carbocycles. The molecule has 28 heavy (non-hydrogen) atoms. The summed E-state index contributed by atoms with van der Waals surface area (Å²) in [6.07, 6.45) is 3.57. The summed E-state index contributed by atoms with van der Waals surface area (Å²) in [6.45, 7) is 1.56. The summed E-state index contributed by atoms with van der Waals surface area (Å²) in [5.74, 6) is 0.531. The molecule has 3 aromatic heterocycles. The van der Waals surface area contributed by atoms with Crippen molar-refractivity contribution < 1.29 is 14.7 Å². The van der Waals surface area contributed by atoms with E-state index in [1.54, 1.807) is 15.4 Å². The number of aromatic nitrogens is 7. The Labute approximate surface area is 158 Å². The highest BCUT2D eigenvalue weighted by molar-refractivity contribution is 5.95. The van der Waals surface area contributed by atoms with Crippen molar-refractivity contribution in [3.05, 3.63) is 60.3 Å². The summed E-state index contributed by atoms with van der Waals surface area (Å²) in [5, 5.41) is 25.0. The van der Waals surface area contributed by atoms with Crippen LogP contribution in [-0.4, -0.2) is 52.3 Å². The van der Waals surface area contributed by atoms with E-state index < -0.39 is 0 Å². The van der Waals surface area contributed by atoms with Gasteiger partial charge in [0.2, 0.25) is 5.91 Å². The number of pyridine rings is 1. The van der Waals surface area contributed by atoms with Crippen LogP contribution in [0.1, 0.15) is 11.4 Å². The molecule has 11 nitrogen and oxygen atoms in total. The zero-order valence-corrected chi connectivity index (χ0v) is 14.8. The number of hydrogen-bond acceptors (Lipinski definition) is 7. The van der Waals surface area contributed by atoms with E-state index in [1.165, 1.54) is 6.33 Å². The summed E-state index contributed by atoms with van der Waals surface area (Å²) in [5.41, 5.74) is 2.98. The van der Waals surface area contributed by atoms with Gasteiger partial charge in [-0.05, 0) is 47.2 Å². The van der Waals surface area contributed by atoms with Gasteiger partial charge in [0.05, 0.1) is 17.8 Å². The van der Waals surface area contributed by atoms with Gasteiger partial charge in [-0.3, -0.25) is 9.59 Å². The van der Waals surface area contributed by atoms with Crippen LogP contribution in [0.15, 0.2) is 48.9 Å². The van der Waals surface area contributed by atoms with Crippen molar-refractivity contribution in [3.63, 3.8) is 0 Å². The number of tetrazole rings is 1. The van der Waals surface area contributed by atoms with Gasteiger partial charge in [-0.1, -0.05) is 12.1 Å². The predicted octanol–water partition coefficient (Wildman–Crippen LogP) is 0.895. The molecule has 0 aliphatic heterocycles. The van der Waals surface area contributed by atoms with Gasteiger partial charge >= 0.3 is 0 Å². The summed E-state index contributed by atoms with van der Waals surface area (Å²) < 4.78 is 3.20. The molecule has 0 radical (unpaired) electrons. The Bertz CT molecular complexity index is 1070. The van der Waals surface area contributed by atoms with Crippen LogP contribution in [0.25, 0.3) is 11.3 Å². The number of benzene rings is 1. The number of nitrogens with zero attached hydrogens (tertiary/aromatic N) is 7. The maximum Gasteiger partial charge on any atom is 0.290 e. The second-order valence-corrected chi connectivity index (χ2v) is 5.60. The first-order chi connectivity index (χ1) is 13.6. The lowest BCUT2D eigenvalue weighted by atomic mass is 10.1. The third kappa shape index (κ3) is 4.33. The van der Waals surface area contributed by atoms with Crippen LogP contribution < -0.4 is 5.32 Å². The highest BCUT2D eigenvalue weighted by atomic mass is 16.3. The molecule has 0 unspecified atom stereocenters. The van der Waals surface area contributed by atoms with Crippen LogP contribution in [0.4, 0.5) is 5.69 Å². The van der Waals surface area contributed by atoms with Crippen LogP contribution in [-0.2, 0) is 16.0 Å². The lowest BCUT2D eigenvalue weighted by Crippen LogP contribution is -2.15. The molecule has 0 saturated carbocycles. The molecule has 0 fully saturated rings. The number of carbonyl (C=O) groups is 2. The van der Waals surface area contributed by atoms with Crippen LogP contribution in [0.5, 0.6) is 0 Å². The highest BCUT2D eigenvalue weighted by Gasteiger charge is 2.10. The number of carboxylic acid groups (broad SMARTS) is 1. The SMILES string of the molecule is Cc1nc2c(NC(=O)Cc3ccc(-n4cnnn4)cc3)cccn2n1.O=CO. The van der Waals surface area contributed by atoms with Crippen molar-refractivity contribution in [2.75, 3.05) is 5.32 Å². The maximum absolute atomic E-state index is 12.3. The summed E-state index contributed by atoms with van der Waals surface area (Å²) in [7, 11) is 0. The van der Waals surface area contributed by atoms with Gasteiger partial charge < -0.3 is 10.4 Å². The van der Waals surface area contributed by atoms with Gasteiger partial charge in [0, 0.05) is 6.20 Å². The average molecular weight is 380 g/mol. The fourth-order valence-corrected chi connectivity index (χ4v) is 2.54. The Balaban J connectivity index is 0.000000706. The van der Waals surface area contributed by atoms with Crippen LogP contribution in [0.2, 0.25) is 0 Å². The molecule has 11 heteroatoms. The summed E-state index contributed by atoms with van der Waals surface area (Å²) in [4.78, 5) is 25.0. The van der Waals surface area contributed by atoms with Crippen LogP contribution in [0, 0.1) is 6.92 Å². The molecule has 4 aromatic rings. The molecular formula is C17H16N8O3. The number of amides is 1. The number of fused-ring (bicyclic) bond motifs is 1. The van der Waals surface area contributed by atoms with E-state index in [2.05, 4.69) is 30.9 Å². The van der Waals surface area contributed by atoms with E-state index >= 15 is 0 Å². The van der Waals surface area contributed by atoms with Gasteiger partial charge in [-0.2, -0.15) is 5.10 Å². The third-order valence-corrected chi connectivity index (χ3v) is 3.66. The van der Waals surface area contributed by atoms with E-state index in [9.17, 15) is 4.79 Å². The topological polar surface area (TPSA) is 140 Å². The Kier molecular flexibility index (Phi) is 5.65. The normalized spacial score (nSPS) is 10.2. The number of aryl methyl sites for hydroxylation is 1. The predicted molar refractivity (Wildman–Crippen MR) is 97.9 cm³/mol. The van der Waals surface area contributed by atoms with Gasteiger partial charge in [0.15, 0.2) is 5.65 Å². The zero-order chi connectivity index (χ0) is 19.9. The van der Waals surface area contributed by atoms with Crippen molar-refractivity contribution in [1.29, 1.82) is 0 Å². The van der Waals surface area contributed by atoms with E-state index in [4.69, 9.17) is 9.90 Å². The first kappa shape index (κ1) is 18.6. The minimum absolute atomic E-state index is 0.121. The first-order valence-corrected chi connectivity index (χ1v) is 8.12. The second-order valence-electron chi connectivity index (χ2n) is 5.60.